The standard InChI is InChI=1S/C18H24N4O3/c1-2-25-13-6-5-11-22(12-13)16(23)9-10-19-18(24)17-14-7-3-4-8-15(14)20-21-17/h3-4,7-8,13H,2,5-6,9-12H2,1H3,(H,19,24)(H,20,21). The number of aromatic amines is 1. The fraction of sp³-hybridized carbons (Fsp3) is 0.500. The molecule has 2 N–H and O–H groups in total. The third-order valence-corrected chi connectivity index (χ3v) is 4.44. The van der Waals surface area contributed by atoms with E-state index >= 15 is 0 Å². The Labute approximate surface area is 146 Å². The molecule has 7 heteroatoms. The van der Waals surface area contributed by atoms with Crippen molar-refractivity contribution in [2.24, 2.45) is 0 Å². The quantitative estimate of drug-likeness (QED) is 0.835. The number of piperidine rings is 1. The lowest BCUT2D eigenvalue weighted by atomic mass is 10.1. The molecule has 1 saturated heterocycles. The number of likely N-dealkylation sites (tertiary alicyclic amines) is 1. The molecule has 25 heavy (non-hydrogen) atoms. The second-order valence-electron chi connectivity index (χ2n) is 6.18. The van der Waals surface area contributed by atoms with Crippen molar-refractivity contribution < 1.29 is 14.3 Å². The lowest BCUT2D eigenvalue weighted by molar-refractivity contribution is -0.135. The van der Waals surface area contributed by atoms with Crippen LogP contribution in [0.5, 0.6) is 0 Å². The number of hydrogen-bond donors (Lipinski definition) is 2. The Hall–Kier alpha value is -2.41. The third-order valence-electron chi connectivity index (χ3n) is 4.44. The van der Waals surface area contributed by atoms with E-state index < -0.39 is 0 Å². The van der Waals surface area contributed by atoms with Gasteiger partial charge in [-0.05, 0) is 25.8 Å². The van der Waals surface area contributed by atoms with Crippen molar-refractivity contribution in [2.75, 3.05) is 26.2 Å². The smallest absolute Gasteiger partial charge is 0.272 e. The summed E-state index contributed by atoms with van der Waals surface area (Å²) in [5.41, 5.74) is 1.18. The van der Waals surface area contributed by atoms with Crippen LogP contribution in [0.3, 0.4) is 0 Å². The summed E-state index contributed by atoms with van der Waals surface area (Å²) in [4.78, 5) is 26.4. The normalized spacial score (nSPS) is 17.6. The van der Waals surface area contributed by atoms with Crippen LogP contribution in [0.2, 0.25) is 0 Å². The van der Waals surface area contributed by atoms with E-state index in [9.17, 15) is 9.59 Å². The average molecular weight is 344 g/mol. The van der Waals surface area contributed by atoms with Crippen LogP contribution in [0.15, 0.2) is 24.3 Å². The molecule has 3 rings (SSSR count). The van der Waals surface area contributed by atoms with Gasteiger partial charge in [-0.1, -0.05) is 18.2 Å². The number of nitrogens with one attached hydrogen (secondary N) is 2. The van der Waals surface area contributed by atoms with Crippen molar-refractivity contribution in [1.29, 1.82) is 0 Å². The highest BCUT2D eigenvalue weighted by Gasteiger charge is 2.23. The van der Waals surface area contributed by atoms with Gasteiger partial charge in [0.1, 0.15) is 0 Å². The maximum Gasteiger partial charge on any atom is 0.272 e. The van der Waals surface area contributed by atoms with Gasteiger partial charge in [-0.3, -0.25) is 14.7 Å². The molecule has 1 unspecified atom stereocenters. The summed E-state index contributed by atoms with van der Waals surface area (Å²) < 4.78 is 5.62. The Balaban J connectivity index is 1.49. The van der Waals surface area contributed by atoms with E-state index in [2.05, 4.69) is 15.5 Å². The van der Waals surface area contributed by atoms with Crippen LogP contribution in [0.4, 0.5) is 0 Å². The van der Waals surface area contributed by atoms with Gasteiger partial charge in [0.25, 0.3) is 5.91 Å². The van der Waals surface area contributed by atoms with Gasteiger partial charge in [0.15, 0.2) is 5.69 Å². The van der Waals surface area contributed by atoms with Crippen molar-refractivity contribution in [2.45, 2.75) is 32.3 Å². The lowest BCUT2D eigenvalue weighted by Gasteiger charge is -2.32. The molecule has 134 valence electrons. The minimum absolute atomic E-state index is 0.0524. The predicted molar refractivity (Wildman–Crippen MR) is 94.3 cm³/mol. The van der Waals surface area contributed by atoms with Gasteiger partial charge in [0, 0.05) is 38.0 Å². The zero-order chi connectivity index (χ0) is 17.6. The molecule has 1 atom stereocenters. The number of carbonyl (C=O) groups excluding carboxylic acids is 2. The fourth-order valence-corrected chi connectivity index (χ4v) is 3.20. The second-order valence-corrected chi connectivity index (χ2v) is 6.18. The second kappa shape index (κ2) is 8.11. The minimum atomic E-state index is -0.268. The Bertz CT molecular complexity index is 741. The fourth-order valence-electron chi connectivity index (χ4n) is 3.20. The molecule has 1 aliphatic heterocycles. The highest BCUT2D eigenvalue weighted by atomic mass is 16.5. The zero-order valence-corrected chi connectivity index (χ0v) is 14.5. The molecule has 0 radical (unpaired) electrons. The first-order chi connectivity index (χ1) is 12.2. The van der Waals surface area contributed by atoms with E-state index in [1.54, 1.807) is 0 Å². The number of aromatic nitrogens is 2. The van der Waals surface area contributed by atoms with E-state index in [1.807, 2.05) is 36.1 Å². The van der Waals surface area contributed by atoms with Crippen LogP contribution in [0.25, 0.3) is 10.9 Å². The molecule has 0 saturated carbocycles. The number of amides is 2. The van der Waals surface area contributed by atoms with Gasteiger partial charge < -0.3 is 15.0 Å². The Morgan fingerprint density at radius 3 is 3.08 bits per heavy atom. The van der Waals surface area contributed by atoms with Gasteiger partial charge in [-0.25, -0.2) is 0 Å². The molecular formula is C18H24N4O3. The summed E-state index contributed by atoms with van der Waals surface area (Å²) in [7, 11) is 0. The molecule has 2 amide bonds. The number of rotatable bonds is 6. The zero-order valence-electron chi connectivity index (χ0n) is 14.5. The van der Waals surface area contributed by atoms with Gasteiger partial charge in [0.2, 0.25) is 5.91 Å². The molecule has 2 heterocycles. The van der Waals surface area contributed by atoms with Crippen LogP contribution in [-0.2, 0) is 9.53 Å². The number of carbonyl (C=O) groups is 2. The third kappa shape index (κ3) is 4.17. The van der Waals surface area contributed by atoms with E-state index in [0.29, 0.717) is 25.4 Å². The summed E-state index contributed by atoms with van der Waals surface area (Å²) >= 11 is 0. The molecule has 1 aromatic carbocycles. The van der Waals surface area contributed by atoms with Gasteiger partial charge in [0.05, 0.1) is 11.6 Å². The number of hydrogen-bond acceptors (Lipinski definition) is 4. The van der Waals surface area contributed by atoms with Crippen molar-refractivity contribution in [3.05, 3.63) is 30.0 Å². The molecule has 1 aromatic heterocycles. The molecule has 0 spiro atoms. The number of para-hydroxylation sites is 1. The molecule has 7 nitrogen and oxygen atoms in total. The summed E-state index contributed by atoms with van der Waals surface area (Å²) in [6.45, 7) is 4.34. The highest BCUT2D eigenvalue weighted by Crippen LogP contribution is 2.15. The largest absolute Gasteiger partial charge is 0.377 e. The SMILES string of the molecule is CCOC1CCCN(C(=O)CCNC(=O)c2n[nH]c3ccccc23)C1. The van der Waals surface area contributed by atoms with E-state index in [0.717, 1.165) is 30.3 Å². The lowest BCUT2D eigenvalue weighted by Crippen LogP contribution is -2.44. The molecule has 1 fully saturated rings. The Kier molecular flexibility index (Phi) is 5.65. The summed E-state index contributed by atoms with van der Waals surface area (Å²) in [6, 6.07) is 7.46. The summed E-state index contributed by atoms with van der Waals surface area (Å²) in [5.74, 6) is -0.215. The van der Waals surface area contributed by atoms with E-state index in [-0.39, 0.29) is 24.3 Å². The number of H-pyrrole nitrogens is 1. The highest BCUT2D eigenvalue weighted by molar-refractivity contribution is 6.04. The maximum absolute atomic E-state index is 12.3. The van der Waals surface area contributed by atoms with Gasteiger partial charge in [-0.15, -0.1) is 0 Å². The first-order valence-corrected chi connectivity index (χ1v) is 8.79. The number of fused-ring (bicyclic) bond motifs is 1. The maximum atomic E-state index is 12.3. The monoisotopic (exact) mass is 344 g/mol. The molecule has 0 bridgehead atoms. The summed E-state index contributed by atoms with van der Waals surface area (Å²) in [5, 5.41) is 10.5. The first-order valence-electron chi connectivity index (χ1n) is 8.79. The van der Waals surface area contributed by atoms with Crippen molar-refractivity contribution >= 4 is 22.7 Å². The number of ether oxygens (including phenoxy) is 1. The number of nitrogens with zero attached hydrogens (tertiary/aromatic N) is 2. The Morgan fingerprint density at radius 2 is 2.24 bits per heavy atom. The molecular weight excluding hydrogens is 320 g/mol. The molecule has 1 aliphatic rings. The topological polar surface area (TPSA) is 87.3 Å². The molecule has 0 aliphatic carbocycles. The van der Waals surface area contributed by atoms with Crippen molar-refractivity contribution in [3.8, 4) is 0 Å². The van der Waals surface area contributed by atoms with Crippen LogP contribution < -0.4 is 5.32 Å². The van der Waals surface area contributed by atoms with Crippen LogP contribution >= 0.6 is 0 Å². The van der Waals surface area contributed by atoms with Crippen molar-refractivity contribution in [3.63, 3.8) is 0 Å². The van der Waals surface area contributed by atoms with E-state index in [1.165, 1.54) is 0 Å². The van der Waals surface area contributed by atoms with Crippen LogP contribution in [0, 0.1) is 0 Å². The number of benzene rings is 1. The van der Waals surface area contributed by atoms with Gasteiger partial charge in [-0.2, -0.15) is 5.10 Å². The Morgan fingerprint density at radius 1 is 1.40 bits per heavy atom. The van der Waals surface area contributed by atoms with Crippen molar-refractivity contribution in [1.82, 2.24) is 20.4 Å². The first kappa shape index (κ1) is 17.4. The molecule has 2 aromatic rings. The summed E-state index contributed by atoms with van der Waals surface area (Å²) in [6.07, 6.45) is 2.38. The minimum Gasteiger partial charge on any atom is -0.377 e. The van der Waals surface area contributed by atoms with Crippen LogP contribution in [-0.4, -0.2) is 59.3 Å². The van der Waals surface area contributed by atoms with E-state index in [4.69, 9.17) is 4.74 Å². The van der Waals surface area contributed by atoms with Gasteiger partial charge >= 0.3 is 0 Å². The predicted octanol–water partition coefficient (Wildman–Crippen LogP) is 1.71. The van der Waals surface area contributed by atoms with Crippen LogP contribution in [0.1, 0.15) is 36.7 Å². The average Bonchev–Trinajstić information content (AvgIpc) is 3.06.